The molecule has 0 spiro atoms. The average molecular weight is 1020 g/mol. The van der Waals surface area contributed by atoms with E-state index in [0.29, 0.717) is 48.3 Å². The second-order valence-electron chi connectivity index (χ2n) is 17.7. The van der Waals surface area contributed by atoms with E-state index >= 15 is 0 Å². The monoisotopic (exact) mass is 1020 g/mol. The number of nitrogens with one attached hydrogen (secondary N) is 5. The van der Waals surface area contributed by atoms with Gasteiger partial charge in [0, 0.05) is 68.4 Å². The molecule has 5 N–H and O–H groups in total. The minimum absolute atomic E-state index is 0.0727. The number of sulfone groups is 1. The van der Waals surface area contributed by atoms with Crippen LogP contribution in [-0.4, -0.2) is 97.3 Å². The van der Waals surface area contributed by atoms with Crippen LogP contribution in [0.25, 0.3) is 33.1 Å². The Morgan fingerprint density at radius 3 is 2.05 bits per heavy atom. The third-order valence-electron chi connectivity index (χ3n) is 13.0. The number of carbonyl (C=O) groups excluding carboxylic acids is 2. The second kappa shape index (κ2) is 23.6. The van der Waals surface area contributed by atoms with Gasteiger partial charge in [0.25, 0.3) is 5.91 Å². The fraction of sp³-hybridized carbons (Fsp3) is 0.263. The number of hydrogen-bond acceptors (Lipinski definition) is 12. The molecule has 2 aliphatic heterocycles. The van der Waals surface area contributed by atoms with Crippen molar-refractivity contribution in [3.8, 4) is 46.9 Å². The maximum atomic E-state index is 13.0. The van der Waals surface area contributed by atoms with Crippen LogP contribution in [0, 0.1) is 24.2 Å². The number of anilines is 4. The maximum Gasteiger partial charge on any atom is 0.307 e. The molecule has 2 fully saturated rings. The minimum atomic E-state index is -2.94. The third-order valence-corrected chi connectivity index (χ3v) is 15.6. The molecular weight excluding hydrogens is 959 g/mol. The van der Waals surface area contributed by atoms with Gasteiger partial charge >= 0.3 is 5.91 Å². The highest BCUT2D eigenvalue weighted by atomic mass is 32.2. The summed E-state index contributed by atoms with van der Waals surface area (Å²) in [4.78, 5) is 26.3. The Morgan fingerprint density at radius 1 is 0.795 bits per heavy atom. The predicted molar refractivity (Wildman–Crippen MR) is 295 cm³/mol. The molecule has 0 amide bonds. The lowest BCUT2D eigenvalue weighted by atomic mass is 10.1. The predicted octanol–water partition coefficient (Wildman–Crippen LogP) is 9.03. The molecule has 5 aromatic carbocycles. The molecule has 16 heteroatoms. The summed E-state index contributed by atoms with van der Waals surface area (Å²) in [6.07, 6.45) is 11.6. The zero-order valence-corrected chi connectivity index (χ0v) is 42.8. The average Bonchev–Trinajstić information content (AvgIpc) is 4.00. The van der Waals surface area contributed by atoms with Crippen LogP contribution in [0.1, 0.15) is 46.5 Å². The number of allylic oxidation sites excluding steroid dienone is 1. The van der Waals surface area contributed by atoms with Crippen LogP contribution in [0.2, 0.25) is 0 Å². The number of terminal acetylenes is 1. The highest BCUT2D eigenvalue weighted by molar-refractivity contribution is 7.91. The molecule has 2 aromatic heterocycles. The number of fused-ring (bicyclic) bond motifs is 2. The number of carbonyl (C=O) groups is 2. The first-order valence-electron chi connectivity index (χ1n) is 24.0. The van der Waals surface area contributed by atoms with Gasteiger partial charge in [0.05, 0.1) is 54.7 Å². The number of aromatic nitrogens is 2. The number of hydrogen-bond donors (Lipinski definition) is 5. The lowest BCUT2D eigenvalue weighted by Gasteiger charge is -2.25. The molecule has 1 unspecified atom stereocenters. The van der Waals surface area contributed by atoms with E-state index in [1.54, 1.807) is 37.2 Å². The number of ether oxygens (including phenoxy) is 2. The molecule has 7 aromatic rings. The standard InChI is InChI=1S/C30H31N3O4S.C27H28N4O3S/c1-3-30(34)33-28-6-4-5-27(32-24-15-17-38(35,36)18-16-24)26(28)19-29(33)22-9-7-21(8-10-22)20-31-23-11-13-25(37-2)14-12-23;1-4-27(32)31-20(7-6-14-29-24-11-10-21(35(3)33)18-26(24)34-2)17-22-23(8-5-9-25(22)31)30-19-12-15-28-16-13-19/h3-14,19,24,31-32H,1,15-18,20H2,2H3;1,5,8-11,17-19,28-30H,12-16H2,2-3H3. The van der Waals surface area contributed by atoms with Gasteiger partial charge in [-0.1, -0.05) is 48.9 Å². The molecule has 2 aliphatic rings. The number of piperidine rings is 1. The molecule has 1 atom stereocenters. The first kappa shape index (κ1) is 51.6. The third kappa shape index (κ3) is 12.5. The van der Waals surface area contributed by atoms with Crippen LogP contribution in [0.3, 0.4) is 0 Å². The van der Waals surface area contributed by atoms with Gasteiger partial charge in [-0.25, -0.2) is 8.42 Å². The van der Waals surface area contributed by atoms with E-state index in [1.165, 1.54) is 10.6 Å². The summed E-state index contributed by atoms with van der Waals surface area (Å²) < 4.78 is 49.2. The molecular formula is C57H59N7O7S2. The van der Waals surface area contributed by atoms with Crippen molar-refractivity contribution in [1.82, 2.24) is 14.5 Å². The lowest BCUT2D eigenvalue weighted by molar-refractivity contribution is 0.0970. The maximum absolute atomic E-state index is 13.0. The fourth-order valence-electron chi connectivity index (χ4n) is 9.05. The van der Waals surface area contributed by atoms with Gasteiger partial charge in [-0.3, -0.25) is 22.9 Å². The topological polar surface area (TPSA) is 174 Å². The van der Waals surface area contributed by atoms with Crippen LogP contribution >= 0.6 is 0 Å². The Morgan fingerprint density at radius 2 is 1.44 bits per heavy atom. The largest absolute Gasteiger partial charge is 0.497 e. The number of nitrogens with zero attached hydrogens (tertiary/aromatic N) is 2. The minimum Gasteiger partial charge on any atom is -0.497 e. The highest BCUT2D eigenvalue weighted by Gasteiger charge is 2.25. The summed E-state index contributed by atoms with van der Waals surface area (Å²) in [7, 11) is -0.826. The molecule has 4 heterocycles. The quantitative estimate of drug-likeness (QED) is 0.0518. The summed E-state index contributed by atoms with van der Waals surface area (Å²) in [6, 6.07) is 37.3. The van der Waals surface area contributed by atoms with Crippen LogP contribution in [0.4, 0.5) is 22.7 Å². The van der Waals surface area contributed by atoms with Crippen molar-refractivity contribution in [3.05, 3.63) is 139 Å². The Kier molecular flexibility index (Phi) is 16.7. The Bertz CT molecular complexity index is 3380. The van der Waals surface area contributed by atoms with Gasteiger partial charge in [0.2, 0.25) is 0 Å². The summed E-state index contributed by atoms with van der Waals surface area (Å²) in [5.74, 6) is 9.51. The number of rotatable bonds is 14. The van der Waals surface area contributed by atoms with E-state index in [4.69, 9.17) is 15.9 Å². The highest BCUT2D eigenvalue weighted by Crippen LogP contribution is 2.35. The van der Waals surface area contributed by atoms with Crippen molar-refractivity contribution < 1.29 is 31.7 Å². The van der Waals surface area contributed by atoms with Crippen LogP contribution in [-0.2, 0) is 27.2 Å². The van der Waals surface area contributed by atoms with Crippen molar-refractivity contribution in [2.24, 2.45) is 0 Å². The lowest BCUT2D eigenvalue weighted by Crippen LogP contribution is -2.35. The Balaban J connectivity index is 0.000000196. The summed E-state index contributed by atoms with van der Waals surface area (Å²) in [6.45, 7) is 6.65. The van der Waals surface area contributed by atoms with Crippen molar-refractivity contribution in [1.29, 1.82) is 0 Å². The molecule has 9 rings (SSSR count). The summed E-state index contributed by atoms with van der Waals surface area (Å²) in [5, 5.41) is 19.0. The van der Waals surface area contributed by atoms with Crippen molar-refractivity contribution in [2.45, 2.75) is 49.2 Å². The van der Waals surface area contributed by atoms with Gasteiger partial charge in [0.1, 0.15) is 27.0 Å². The van der Waals surface area contributed by atoms with Crippen LogP contribution in [0.15, 0.2) is 133 Å². The normalized spacial score (nSPS) is 14.8. The van der Waals surface area contributed by atoms with Gasteiger partial charge in [-0.15, -0.1) is 6.42 Å². The van der Waals surface area contributed by atoms with E-state index in [9.17, 15) is 22.2 Å². The molecule has 73 heavy (non-hydrogen) atoms. The summed E-state index contributed by atoms with van der Waals surface area (Å²) in [5.41, 5.74) is 8.45. The van der Waals surface area contributed by atoms with E-state index < -0.39 is 26.5 Å². The molecule has 0 aliphatic carbocycles. The molecule has 14 nitrogen and oxygen atoms in total. The van der Waals surface area contributed by atoms with Crippen LogP contribution < -0.4 is 36.1 Å². The molecule has 0 saturated carbocycles. The Labute approximate surface area is 429 Å². The Hall–Kier alpha value is -7.76. The molecule has 0 bridgehead atoms. The van der Waals surface area contributed by atoms with Crippen molar-refractivity contribution >= 4 is 77.0 Å². The van der Waals surface area contributed by atoms with E-state index in [2.05, 4.69) is 50.9 Å². The first-order valence-corrected chi connectivity index (χ1v) is 27.4. The van der Waals surface area contributed by atoms with E-state index in [1.807, 2.05) is 103 Å². The first-order chi connectivity index (χ1) is 35.4. The van der Waals surface area contributed by atoms with E-state index in [0.717, 1.165) is 93.1 Å². The zero-order chi connectivity index (χ0) is 51.5. The molecule has 376 valence electrons. The van der Waals surface area contributed by atoms with E-state index in [-0.39, 0.29) is 23.5 Å². The SMILES string of the molecule is C#CC(=O)n1c(C#CCNc2ccc(S(C)=O)cc2OC)cc2c(NC3CCNCC3)cccc21.C=CC(=O)n1c(-c2ccc(CNc3ccc(OC)cc3)cc2)cc2c(NC3CCS(=O)(=O)CC3)cccc21. The second-order valence-corrected chi connectivity index (χ2v) is 21.4. The summed E-state index contributed by atoms with van der Waals surface area (Å²) >= 11 is 0. The molecule has 2 saturated heterocycles. The van der Waals surface area contributed by atoms with Gasteiger partial charge < -0.3 is 36.1 Å². The van der Waals surface area contributed by atoms with Crippen LogP contribution in [0.5, 0.6) is 11.5 Å². The fourth-order valence-corrected chi connectivity index (χ4v) is 11.1. The van der Waals surface area contributed by atoms with Gasteiger partial charge in [-0.2, -0.15) is 0 Å². The van der Waals surface area contributed by atoms with Crippen molar-refractivity contribution in [3.63, 3.8) is 0 Å². The number of methoxy groups -OCH3 is 2. The zero-order valence-electron chi connectivity index (χ0n) is 41.1. The smallest absolute Gasteiger partial charge is 0.307 e. The van der Waals surface area contributed by atoms with Crippen molar-refractivity contribution in [2.75, 3.05) is 72.9 Å². The molecule has 0 radical (unpaired) electrons. The van der Waals surface area contributed by atoms with Gasteiger partial charge in [0.15, 0.2) is 0 Å². The number of benzene rings is 5. The van der Waals surface area contributed by atoms with Gasteiger partial charge in [-0.05, 0) is 147 Å².